The summed E-state index contributed by atoms with van der Waals surface area (Å²) >= 11 is 0. The van der Waals surface area contributed by atoms with Gasteiger partial charge < -0.3 is 19.5 Å². The summed E-state index contributed by atoms with van der Waals surface area (Å²) in [6.07, 6.45) is -0.115. The Labute approximate surface area is 198 Å². The zero-order valence-corrected chi connectivity index (χ0v) is 18.9. The number of nitrogens with one attached hydrogen (secondary N) is 1. The second-order valence-corrected chi connectivity index (χ2v) is 8.32. The zero-order chi connectivity index (χ0) is 23.8. The number of carbonyl (C=O) groups is 2. The van der Waals surface area contributed by atoms with Gasteiger partial charge in [0.25, 0.3) is 0 Å². The Morgan fingerprint density at radius 1 is 0.794 bits per heavy atom. The third-order valence-corrected chi connectivity index (χ3v) is 5.94. The number of anilines is 1. The predicted molar refractivity (Wildman–Crippen MR) is 128 cm³/mol. The molecule has 34 heavy (non-hydrogen) atoms. The molecule has 0 spiro atoms. The number of ether oxygens (including phenoxy) is 2. The van der Waals surface area contributed by atoms with Crippen molar-refractivity contribution in [2.45, 2.75) is 31.7 Å². The topological polar surface area (TPSA) is 88.1 Å². The van der Waals surface area contributed by atoms with Crippen molar-refractivity contribution in [2.24, 2.45) is 0 Å². The van der Waals surface area contributed by atoms with Crippen LogP contribution in [0.15, 0.2) is 84.9 Å². The molecule has 2 N–H and O–H groups in total. The number of nitrogens with zero attached hydrogens (tertiary/aromatic N) is 1. The minimum Gasteiger partial charge on any atom is -0.445 e. The van der Waals surface area contributed by atoms with Crippen LogP contribution < -0.4 is 5.32 Å². The van der Waals surface area contributed by atoms with Crippen LogP contribution in [-0.2, 0) is 28.3 Å². The number of hydrogen-bond donors (Lipinski definition) is 2. The standard InChI is InChI=1S/C27H28N2O5/c30-25(33-19-21-7-3-1-4-8-21)28-24-13-11-23(12-14-24)27(32)15-17-29(18-16-27)26(31)34-20-22-9-5-2-6-10-22/h1-14,32H,15-20H2,(H,28,30). The smallest absolute Gasteiger partial charge is 0.411 e. The minimum absolute atomic E-state index is 0.189. The van der Waals surface area contributed by atoms with Crippen molar-refractivity contribution in [1.82, 2.24) is 4.90 Å². The molecule has 3 aromatic rings. The number of amides is 2. The van der Waals surface area contributed by atoms with Crippen LogP contribution in [0.2, 0.25) is 0 Å². The van der Waals surface area contributed by atoms with E-state index in [0.29, 0.717) is 31.6 Å². The molecule has 4 rings (SSSR count). The zero-order valence-electron chi connectivity index (χ0n) is 18.9. The van der Waals surface area contributed by atoms with Gasteiger partial charge in [0, 0.05) is 18.8 Å². The highest BCUT2D eigenvalue weighted by molar-refractivity contribution is 5.84. The molecule has 0 bridgehead atoms. The molecule has 0 saturated carbocycles. The van der Waals surface area contributed by atoms with Crippen molar-refractivity contribution in [1.29, 1.82) is 0 Å². The molecule has 3 aromatic carbocycles. The summed E-state index contributed by atoms with van der Waals surface area (Å²) in [5.74, 6) is 0. The second kappa shape index (κ2) is 10.9. The Balaban J connectivity index is 1.25. The van der Waals surface area contributed by atoms with Crippen LogP contribution in [0.25, 0.3) is 0 Å². The van der Waals surface area contributed by atoms with Gasteiger partial charge in [-0.1, -0.05) is 72.8 Å². The van der Waals surface area contributed by atoms with Crippen molar-refractivity contribution in [3.63, 3.8) is 0 Å². The fraction of sp³-hybridized carbons (Fsp3) is 0.259. The molecule has 7 nitrogen and oxygen atoms in total. The highest BCUT2D eigenvalue weighted by Gasteiger charge is 2.35. The molecule has 2 amide bonds. The first-order valence-electron chi connectivity index (χ1n) is 11.3. The number of aliphatic hydroxyl groups is 1. The maximum atomic E-state index is 12.4. The van der Waals surface area contributed by atoms with Gasteiger partial charge in [0.15, 0.2) is 0 Å². The van der Waals surface area contributed by atoms with E-state index >= 15 is 0 Å². The van der Waals surface area contributed by atoms with Crippen LogP contribution in [0.3, 0.4) is 0 Å². The lowest BCUT2D eigenvalue weighted by Gasteiger charge is -2.38. The second-order valence-electron chi connectivity index (χ2n) is 8.32. The van der Waals surface area contributed by atoms with E-state index in [1.165, 1.54) is 0 Å². The van der Waals surface area contributed by atoms with Crippen LogP contribution >= 0.6 is 0 Å². The maximum Gasteiger partial charge on any atom is 0.411 e. The average molecular weight is 461 g/mol. The number of likely N-dealkylation sites (tertiary alicyclic amines) is 1. The molecular weight excluding hydrogens is 432 g/mol. The van der Waals surface area contributed by atoms with E-state index in [-0.39, 0.29) is 19.3 Å². The maximum absolute atomic E-state index is 12.4. The number of rotatable bonds is 6. The third kappa shape index (κ3) is 6.14. The van der Waals surface area contributed by atoms with Gasteiger partial charge in [-0.05, 0) is 41.7 Å². The van der Waals surface area contributed by atoms with Crippen molar-refractivity contribution in [3.8, 4) is 0 Å². The Morgan fingerprint density at radius 3 is 1.88 bits per heavy atom. The Bertz CT molecular complexity index is 1080. The van der Waals surface area contributed by atoms with E-state index in [1.807, 2.05) is 60.7 Å². The predicted octanol–water partition coefficient (Wildman–Crippen LogP) is 5.06. The van der Waals surface area contributed by atoms with Crippen molar-refractivity contribution in [2.75, 3.05) is 18.4 Å². The van der Waals surface area contributed by atoms with E-state index in [2.05, 4.69) is 5.32 Å². The normalized spacial score (nSPS) is 14.8. The van der Waals surface area contributed by atoms with E-state index in [4.69, 9.17) is 9.47 Å². The lowest BCUT2D eigenvalue weighted by atomic mass is 9.84. The molecule has 176 valence electrons. The quantitative estimate of drug-likeness (QED) is 0.537. The van der Waals surface area contributed by atoms with Gasteiger partial charge >= 0.3 is 12.2 Å². The highest BCUT2D eigenvalue weighted by Crippen LogP contribution is 2.33. The number of piperidine rings is 1. The van der Waals surface area contributed by atoms with Gasteiger partial charge in [0.05, 0.1) is 5.60 Å². The van der Waals surface area contributed by atoms with Gasteiger partial charge in [0.2, 0.25) is 0 Å². The Kier molecular flexibility index (Phi) is 7.44. The lowest BCUT2D eigenvalue weighted by Crippen LogP contribution is -2.45. The first kappa shape index (κ1) is 23.3. The van der Waals surface area contributed by atoms with Gasteiger partial charge in [-0.15, -0.1) is 0 Å². The molecule has 0 aliphatic carbocycles. The summed E-state index contributed by atoms with van der Waals surface area (Å²) in [7, 11) is 0. The Morgan fingerprint density at radius 2 is 1.32 bits per heavy atom. The van der Waals surface area contributed by atoms with Gasteiger partial charge in [-0.25, -0.2) is 9.59 Å². The van der Waals surface area contributed by atoms with Crippen LogP contribution in [0, 0.1) is 0 Å². The molecule has 0 radical (unpaired) electrons. The van der Waals surface area contributed by atoms with E-state index < -0.39 is 11.7 Å². The number of hydrogen-bond acceptors (Lipinski definition) is 5. The van der Waals surface area contributed by atoms with E-state index in [9.17, 15) is 14.7 Å². The van der Waals surface area contributed by atoms with E-state index in [1.54, 1.807) is 29.2 Å². The number of carbonyl (C=O) groups excluding carboxylic acids is 2. The molecule has 1 saturated heterocycles. The molecule has 0 aromatic heterocycles. The first-order chi connectivity index (χ1) is 16.5. The molecule has 1 aliphatic heterocycles. The van der Waals surface area contributed by atoms with Crippen LogP contribution in [0.4, 0.5) is 15.3 Å². The fourth-order valence-electron chi connectivity index (χ4n) is 3.90. The third-order valence-electron chi connectivity index (χ3n) is 5.94. The van der Waals surface area contributed by atoms with Gasteiger partial charge in [-0.2, -0.15) is 0 Å². The molecule has 1 fully saturated rings. The molecule has 0 atom stereocenters. The molecule has 7 heteroatoms. The summed E-state index contributed by atoms with van der Waals surface area (Å²) in [6.45, 7) is 1.21. The summed E-state index contributed by atoms with van der Waals surface area (Å²) in [4.78, 5) is 26.0. The number of benzene rings is 3. The molecule has 0 unspecified atom stereocenters. The van der Waals surface area contributed by atoms with Crippen LogP contribution in [0.1, 0.15) is 29.5 Å². The molecular formula is C27H28N2O5. The first-order valence-corrected chi connectivity index (χ1v) is 11.3. The monoisotopic (exact) mass is 460 g/mol. The largest absolute Gasteiger partial charge is 0.445 e. The van der Waals surface area contributed by atoms with Crippen molar-refractivity contribution < 1.29 is 24.2 Å². The molecule has 1 heterocycles. The highest BCUT2D eigenvalue weighted by atomic mass is 16.6. The SMILES string of the molecule is O=C(Nc1ccc(C2(O)CCN(C(=O)OCc3ccccc3)CC2)cc1)OCc1ccccc1. The Hall–Kier alpha value is -3.84. The lowest BCUT2D eigenvalue weighted by molar-refractivity contribution is -0.0255. The van der Waals surface area contributed by atoms with E-state index in [0.717, 1.165) is 16.7 Å². The summed E-state index contributed by atoms with van der Waals surface area (Å²) < 4.78 is 10.6. The van der Waals surface area contributed by atoms with Gasteiger partial charge in [0.1, 0.15) is 13.2 Å². The van der Waals surface area contributed by atoms with Crippen molar-refractivity contribution in [3.05, 3.63) is 102 Å². The summed E-state index contributed by atoms with van der Waals surface area (Å²) in [5.41, 5.74) is 2.12. The van der Waals surface area contributed by atoms with Gasteiger partial charge in [-0.3, -0.25) is 5.32 Å². The van der Waals surface area contributed by atoms with Crippen molar-refractivity contribution >= 4 is 17.9 Å². The summed E-state index contributed by atoms with van der Waals surface area (Å²) in [6, 6.07) is 26.0. The minimum atomic E-state index is -1.04. The summed E-state index contributed by atoms with van der Waals surface area (Å²) in [5, 5.41) is 13.8. The average Bonchev–Trinajstić information content (AvgIpc) is 2.88. The molecule has 1 aliphatic rings. The van der Waals surface area contributed by atoms with Crippen LogP contribution in [0.5, 0.6) is 0 Å². The fourth-order valence-corrected chi connectivity index (χ4v) is 3.90. The van der Waals surface area contributed by atoms with Crippen LogP contribution in [-0.4, -0.2) is 35.3 Å².